The fourth-order valence-electron chi connectivity index (χ4n) is 2.00. The summed E-state index contributed by atoms with van der Waals surface area (Å²) in [6.07, 6.45) is 5.69. The van der Waals surface area contributed by atoms with Crippen molar-refractivity contribution in [1.29, 1.82) is 0 Å². The summed E-state index contributed by atoms with van der Waals surface area (Å²) in [4.78, 5) is 10.6. The minimum atomic E-state index is -0.383. The summed E-state index contributed by atoms with van der Waals surface area (Å²) < 4.78 is 5.70. The summed E-state index contributed by atoms with van der Waals surface area (Å²) in [5.74, 6) is 0.374. The molecule has 1 aromatic carbocycles. The van der Waals surface area contributed by atoms with Crippen LogP contribution in [0.15, 0.2) is 18.2 Å². The van der Waals surface area contributed by atoms with Gasteiger partial charge in [0.15, 0.2) is 5.75 Å². The van der Waals surface area contributed by atoms with E-state index in [9.17, 15) is 10.1 Å². The normalized spacial score (nSPS) is 12.2. The number of unbranched alkanes of at least 4 members (excludes halogenated alkanes) is 3. The van der Waals surface area contributed by atoms with Crippen molar-refractivity contribution in [2.45, 2.75) is 59.0 Å². The van der Waals surface area contributed by atoms with E-state index in [0.29, 0.717) is 5.75 Å². The van der Waals surface area contributed by atoms with E-state index in [4.69, 9.17) is 4.74 Å². The van der Waals surface area contributed by atoms with Gasteiger partial charge < -0.3 is 4.74 Å². The molecule has 0 aromatic heterocycles. The number of hydrogen-bond donors (Lipinski definition) is 0. The first-order valence-electron chi connectivity index (χ1n) is 6.96. The van der Waals surface area contributed by atoms with E-state index in [2.05, 4.69) is 6.92 Å². The maximum absolute atomic E-state index is 11.0. The highest BCUT2D eigenvalue weighted by atomic mass is 16.6. The van der Waals surface area contributed by atoms with Gasteiger partial charge in [0.05, 0.1) is 11.0 Å². The number of nitro groups is 1. The summed E-state index contributed by atoms with van der Waals surface area (Å²) >= 11 is 0. The number of aryl methyl sites for hydroxylation is 1. The first kappa shape index (κ1) is 15.5. The van der Waals surface area contributed by atoms with Gasteiger partial charge in [0, 0.05) is 6.07 Å². The molecule has 1 atom stereocenters. The van der Waals surface area contributed by atoms with E-state index in [1.807, 2.05) is 19.9 Å². The summed E-state index contributed by atoms with van der Waals surface area (Å²) in [7, 11) is 0. The van der Waals surface area contributed by atoms with Crippen molar-refractivity contribution in [3.05, 3.63) is 33.9 Å². The highest BCUT2D eigenvalue weighted by Crippen LogP contribution is 2.29. The average Bonchev–Trinajstić information content (AvgIpc) is 2.36. The van der Waals surface area contributed by atoms with E-state index >= 15 is 0 Å². The van der Waals surface area contributed by atoms with Gasteiger partial charge in [-0.25, -0.2) is 0 Å². The lowest BCUT2D eigenvalue weighted by Gasteiger charge is -2.14. The molecular weight excluding hydrogens is 242 g/mol. The zero-order valence-corrected chi connectivity index (χ0v) is 12.0. The SMILES string of the molecule is CCCCCC[C@H](C)Oc1ccc(C)cc1[N+](=O)[O-]. The summed E-state index contributed by atoms with van der Waals surface area (Å²) in [5, 5.41) is 11.0. The Bertz CT molecular complexity index is 418. The monoisotopic (exact) mass is 265 g/mol. The van der Waals surface area contributed by atoms with Gasteiger partial charge in [0.25, 0.3) is 0 Å². The third-order valence-electron chi connectivity index (χ3n) is 3.10. The Morgan fingerprint density at radius 2 is 2.05 bits per heavy atom. The Morgan fingerprint density at radius 3 is 2.68 bits per heavy atom. The number of hydrogen-bond acceptors (Lipinski definition) is 3. The van der Waals surface area contributed by atoms with Crippen LogP contribution in [0, 0.1) is 17.0 Å². The molecule has 0 aliphatic heterocycles. The molecule has 106 valence electrons. The number of nitrogens with zero attached hydrogens (tertiary/aromatic N) is 1. The molecule has 4 nitrogen and oxygen atoms in total. The van der Waals surface area contributed by atoms with Crippen molar-refractivity contribution in [2.24, 2.45) is 0 Å². The molecule has 1 aromatic rings. The first-order valence-corrected chi connectivity index (χ1v) is 6.96. The Labute approximate surface area is 114 Å². The minimum Gasteiger partial charge on any atom is -0.484 e. The van der Waals surface area contributed by atoms with Gasteiger partial charge in [-0.3, -0.25) is 10.1 Å². The molecule has 0 fully saturated rings. The lowest BCUT2D eigenvalue weighted by molar-refractivity contribution is -0.386. The van der Waals surface area contributed by atoms with Crippen LogP contribution in [0.25, 0.3) is 0 Å². The number of rotatable bonds is 8. The Balaban J connectivity index is 2.58. The quantitative estimate of drug-likeness (QED) is 0.391. The smallest absolute Gasteiger partial charge is 0.311 e. The van der Waals surface area contributed by atoms with Crippen molar-refractivity contribution in [3.63, 3.8) is 0 Å². The van der Waals surface area contributed by atoms with E-state index in [0.717, 1.165) is 18.4 Å². The number of benzene rings is 1. The van der Waals surface area contributed by atoms with Crippen molar-refractivity contribution < 1.29 is 9.66 Å². The van der Waals surface area contributed by atoms with Crippen LogP contribution >= 0.6 is 0 Å². The van der Waals surface area contributed by atoms with E-state index < -0.39 is 0 Å². The number of ether oxygens (including phenoxy) is 1. The molecule has 0 aliphatic rings. The average molecular weight is 265 g/mol. The molecule has 0 amide bonds. The highest BCUT2D eigenvalue weighted by Gasteiger charge is 2.17. The van der Waals surface area contributed by atoms with E-state index in [-0.39, 0.29) is 16.7 Å². The molecule has 0 bridgehead atoms. The standard InChI is InChI=1S/C15H23NO3/c1-4-5-6-7-8-13(3)19-15-10-9-12(2)11-14(15)16(17)18/h9-11,13H,4-8H2,1-3H3/t13-/m0/s1. The van der Waals surface area contributed by atoms with Gasteiger partial charge in [0.1, 0.15) is 0 Å². The molecule has 0 aliphatic carbocycles. The molecule has 0 heterocycles. The van der Waals surface area contributed by atoms with E-state index in [1.54, 1.807) is 12.1 Å². The molecule has 0 radical (unpaired) electrons. The largest absolute Gasteiger partial charge is 0.484 e. The maximum Gasteiger partial charge on any atom is 0.311 e. The van der Waals surface area contributed by atoms with Crippen LogP contribution in [-0.4, -0.2) is 11.0 Å². The number of nitro benzene ring substituents is 1. The van der Waals surface area contributed by atoms with Crippen molar-refractivity contribution in [2.75, 3.05) is 0 Å². The Kier molecular flexibility index (Phi) is 6.33. The predicted molar refractivity (Wildman–Crippen MR) is 76.7 cm³/mol. The maximum atomic E-state index is 11.0. The molecule has 0 spiro atoms. The molecule has 0 saturated carbocycles. The van der Waals surface area contributed by atoms with Crippen LogP contribution < -0.4 is 4.74 Å². The van der Waals surface area contributed by atoms with Crippen molar-refractivity contribution in [1.82, 2.24) is 0 Å². The molecule has 0 saturated heterocycles. The third-order valence-corrected chi connectivity index (χ3v) is 3.10. The van der Waals surface area contributed by atoms with Crippen LogP contribution in [-0.2, 0) is 0 Å². The predicted octanol–water partition coefficient (Wildman–Crippen LogP) is 4.64. The fraction of sp³-hybridized carbons (Fsp3) is 0.600. The lowest BCUT2D eigenvalue weighted by atomic mass is 10.1. The second-order valence-corrected chi connectivity index (χ2v) is 5.01. The topological polar surface area (TPSA) is 52.4 Å². The fourth-order valence-corrected chi connectivity index (χ4v) is 2.00. The molecule has 1 rings (SSSR count). The zero-order chi connectivity index (χ0) is 14.3. The second-order valence-electron chi connectivity index (χ2n) is 5.01. The molecule has 19 heavy (non-hydrogen) atoms. The van der Waals surface area contributed by atoms with E-state index in [1.165, 1.54) is 19.3 Å². The molecule has 4 heteroatoms. The van der Waals surface area contributed by atoms with Crippen LogP contribution in [0.5, 0.6) is 5.75 Å². The Morgan fingerprint density at radius 1 is 1.32 bits per heavy atom. The lowest BCUT2D eigenvalue weighted by Crippen LogP contribution is -2.12. The molecule has 0 unspecified atom stereocenters. The Hall–Kier alpha value is -1.58. The van der Waals surface area contributed by atoms with Crippen LogP contribution in [0.4, 0.5) is 5.69 Å². The van der Waals surface area contributed by atoms with Crippen molar-refractivity contribution in [3.8, 4) is 5.75 Å². The van der Waals surface area contributed by atoms with Gasteiger partial charge >= 0.3 is 5.69 Å². The van der Waals surface area contributed by atoms with Gasteiger partial charge in [-0.15, -0.1) is 0 Å². The highest BCUT2D eigenvalue weighted by molar-refractivity contribution is 5.48. The van der Waals surface area contributed by atoms with Crippen LogP contribution in [0.2, 0.25) is 0 Å². The minimum absolute atomic E-state index is 0.0123. The second kappa shape index (κ2) is 7.77. The summed E-state index contributed by atoms with van der Waals surface area (Å²) in [5.41, 5.74) is 0.926. The van der Waals surface area contributed by atoms with Crippen molar-refractivity contribution >= 4 is 5.69 Å². The van der Waals surface area contributed by atoms with Gasteiger partial charge in [-0.1, -0.05) is 32.3 Å². The summed E-state index contributed by atoms with van der Waals surface area (Å²) in [6, 6.07) is 5.08. The van der Waals surface area contributed by atoms with Gasteiger partial charge in [-0.2, -0.15) is 0 Å². The third kappa shape index (κ3) is 5.28. The van der Waals surface area contributed by atoms with Crippen LogP contribution in [0.1, 0.15) is 51.5 Å². The van der Waals surface area contributed by atoms with Gasteiger partial charge in [-0.05, 0) is 38.3 Å². The summed E-state index contributed by atoms with van der Waals surface area (Å²) in [6.45, 7) is 5.98. The van der Waals surface area contributed by atoms with Crippen LogP contribution in [0.3, 0.4) is 0 Å². The zero-order valence-electron chi connectivity index (χ0n) is 12.0. The molecule has 0 N–H and O–H groups in total. The molecular formula is C15H23NO3. The van der Waals surface area contributed by atoms with Gasteiger partial charge in [0.2, 0.25) is 0 Å². The first-order chi connectivity index (χ1) is 9.04.